The highest BCUT2D eigenvalue weighted by Gasteiger charge is 1.96. The zero-order valence-electron chi connectivity index (χ0n) is 8.60. The quantitative estimate of drug-likeness (QED) is 0.549. The van der Waals surface area contributed by atoms with E-state index in [9.17, 15) is 0 Å². The van der Waals surface area contributed by atoms with Gasteiger partial charge in [-0.15, -0.1) is 0 Å². The summed E-state index contributed by atoms with van der Waals surface area (Å²) in [6.45, 7) is 6.61. The summed E-state index contributed by atoms with van der Waals surface area (Å²) in [5, 5.41) is 3.41. The second-order valence-electron chi connectivity index (χ2n) is 3.41. The molecular weight excluding hydrogens is 148 g/mol. The first-order valence-corrected chi connectivity index (χ1v) is 5.27. The van der Waals surface area contributed by atoms with Crippen molar-refractivity contribution >= 4 is 0 Å². The summed E-state index contributed by atoms with van der Waals surface area (Å²) in [5.41, 5.74) is 5.77. The van der Waals surface area contributed by atoms with Gasteiger partial charge in [-0.25, -0.2) is 0 Å². The Bertz CT molecular complexity index is 83.9. The van der Waals surface area contributed by atoms with E-state index in [1.807, 2.05) is 0 Å². The molecule has 0 radical (unpaired) electrons. The molecule has 3 N–H and O–H groups in total. The van der Waals surface area contributed by atoms with Crippen molar-refractivity contribution in [2.24, 2.45) is 5.73 Å². The lowest BCUT2D eigenvalue weighted by Crippen LogP contribution is -2.26. The summed E-state index contributed by atoms with van der Waals surface area (Å²) in [6.07, 6.45) is 6.15. The zero-order valence-corrected chi connectivity index (χ0v) is 8.60. The maximum absolute atomic E-state index is 5.77. The van der Waals surface area contributed by atoms with Gasteiger partial charge in [0.25, 0.3) is 0 Å². The highest BCUT2D eigenvalue weighted by atomic mass is 14.8. The molecule has 0 aliphatic carbocycles. The van der Waals surface area contributed by atoms with Crippen LogP contribution in [0.2, 0.25) is 0 Å². The number of hydrogen-bond donors (Lipinski definition) is 2. The van der Waals surface area contributed by atoms with Crippen LogP contribution < -0.4 is 11.1 Å². The van der Waals surface area contributed by atoms with E-state index < -0.39 is 0 Å². The third-order valence-corrected chi connectivity index (χ3v) is 2.17. The summed E-state index contributed by atoms with van der Waals surface area (Å²) in [5.74, 6) is 0. The highest BCUT2D eigenvalue weighted by molar-refractivity contribution is 4.60. The second kappa shape index (κ2) is 9.01. The minimum Gasteiger partial charge on any atom is -0.328 e. The molecule has 74 valence electrons. The molecule has 1 atom stereocenters. The first-order valence-electron chi connectivity index (χ1n) is 5.27. The normalized spacial score (nSPS) is 13.2. The fraction of sp³-hybridized carbons (Fsp3) is 1.00. The molecule has 1 unspecified atom stereocenters. The molecular formula is C10H24N2. The first kappa shape index (κ1) is 11.9. The van der Waals surface area contributed by atoms with E-state index in [4.69, 9.17) is 5.73 Å². The summed E-state index contributed by atoms with van der Waals surface area (Å²) < 4.78 is 0. The molecule has 0 aromatic heterocycles. The van der Waals surface area contributed by atoms with Gasteiger partial charge in [0.1, 0.15) is 0 Å². The Labute approximate surface area is 76.9 Å². The third-order valence-electron chi connectivity index (χ3n) is 2.17. The summed E-state index contributed by atoms with van der Waals surface area (Å²) in [7, 11) is 0. The van der Waals surface area contributed by atoms with Crippen LogP contribution in [-0.4, -0.2) is 19.1 Å². The van der Waals surface area contributed by atoms with E-state index in [2.05, 4.69) is 19.2 Å². The van der Waals surface area contributed by atoms with Crippen molar-refractivity contribution in [3.05, 3.63) is 0 Å². The molecule has 12 heavy (non-hydrogen) atoms. The van der Waals surface area contributed by atoms with Gasteiger partial charge in [-0.05, 0) is 32.4 Å². The van der Waals surface area contributed by atoms with Gasteiger partial charge >= 0.3 is 0 Å². The second-order valence-corrected chi connectivity index (χ2v) is 3.41. The van der Waals surface area contributed by atoms with Crippen molar-refractivity contribution in [3.8, 4) is 0 Å². The average molecular weight is 172 g/mol. The molecule has 2 heteroatoms. The third kappa shape index (κ3) is 8.02. The van der Waals surface area contributed by atoms with E-state index in [0.29, 0.717) is 6.04 Å². The van der Waals surface area contributed by atoms with E-state index in [-0.39, 0.29) is 0 Å². The molecule has 0 heterocycles. The smallest absolute Gasteiger partial charge is 0.00482 e. The minimum atomic E-state index is 0.392. The molecule has 0 aromatic rings. The topological polar surface area (TPSA) is 38.0 Å². The van der Waals surface area contributed by atoms with Crippen molar-refractivity contribution in [1.29, 1.82) is 0 Å². The predicted octanol–water partition coefficient (Wildman–Crippen LogP) is 1.89. The molecule has 0 rings (SSSR count). The Morgan fingerprint density at radius 2 is 1.92 bits per heavy atom. The Morgan fingerprint density at radius 1 is 1.17 bits per heavy atom. The van der Waals surface area contributed by atoms with Crippen LogP contribution in [-0.2, 0) is 0 Å². The largest absolute Gasteiger partial charge is 0.328 e. The van der Waals surface area contributed by atoms with Gasteiger partial charge in [0, 0.05) is 6.04 Å². The average Bonchev–Trinajstić information content (AvgIpc) is 2.10. The number of unbranched alkanes of at least 4 members (excludes halogenated alkanes) is 2. The van der Waals surface area contributed by atoms with E-state index >= 15 is 0 Å². The van der Waals surface area contributed by atoms with Crippen molar-refractivity contribution in [1.82, 2.24) is 5.32 Å². The van der Waals surface area contributed by atoms with Crippen LogP contribution in [0.15, 0.2) is 0 Å². The van der Waals surface area contributed by atoms with Gasteiger partial charge < -0.3 is 11.1 Å². The Balaban J connectivity index is 2.90. The molecule has 0 aromatic carbocycles. The Morgan fingerprint density at radius 3 is 2.50 bits per heavy atom. The first-order chi connectivity index (χ1) is 5.81. The van der Waals surface area contributed by atoms with Gasteiger partial charge in [-0.2, -0.15) is 0 Å². The molecule has 0 aliphatic rings. The highest BCUT2D eigenvalue weighted by Crippen LogP contribution is 1.93. The standard InChI is InChI=1S/C10H24N2/c1-3-5-6-8-12-9-7-10(11)4-2/h10,12H,3-9,11H2,1-2H3. The summed E-state index contributed by atoms with van der Waals surface area (Å²) in [4.78, 5) is 0. The van der Waals surface area contributed by atoms with Crippen molar-refractivity contribution < 1.29 is 0 Å². The van der Waals surface area contributed by atoms with Gasteiger partial charge in [0.15, 0.2) is 0 Å². The van der Waals surface area contributed by atoms with E-state index in [1.165, 1.54) is 19.3 Å². The molecule has 0 saturated heterocycles. The maximum atomic E-state index is 5.77. The molecule has 0 aliphatic heterocycles. The van der Waals surface area contributed by atoms with Gasteiger partial charge in [-0.1, -0.05) is 26.7 Å². The molecule has 0 bridgehead atoms. The summed E-state index contributed by atoms with van der Waals surface area (Å²) in [6, 6.07) is 0.392. The van der Waals surface area contributed by atoms with Crippen molar-refractivity contribution in [3.63, 3.8) is 0 Å². The van der Waals surface area contributed by atoms with Crippen LogP contribution in [0.5, 0.6) is 0 Å². The Kier molecular flexibility index (Phi) is 8.95. The minimum absolute atomic E-state index is 0.392. The fourth-order valence-corrected chi connectivity index (χ4v) is 1.12. The Hall–Kier alpha value is -0.0800. The number of rotatable bonds is 8. The van der Waals surface area contributed by atoms with Crippen LogP contribution in [0.3, 0.4) is 0 Å². The number of hydrogen-bond acceptors (Lipinski definition) is 2. The predicted molar refractivity (Wildman–Crippen MR) is 55.3 cm³/mol. The van der Waals surface area contributed by atoms with E-state index in [0.717, 1.165) is 25.9 Å². The van der Waals surface area contributed by atoms with Crippen LogP contribution in [0.25, 0.3) is 0 Å². The van der Waals surface area contributed by atoms with Crippen LogP contribution >= 0.6 is 0 Å². The molecule has 0 amide bonds. The van der Waals surface area contributed by atoms with Gasteiger partial charge in [0.05, 0.1) is 0 Å². The van der Waals surface area contributed by atoms with Gasteiger partial charge in [0.2, 0.25) is 0 Å². The molecule has 0 spiro atoms. The van der Waals surface area contributed by atoms with E-state index in [1.54, 1.807) is 0 Å². The zero-order chi connectivity index (χ0) is 9.23. The lowest BCUT2D eigenvalue weighted by molar-refractivity contribution is 0.537. The maximum Gasteiger partial charge on any atom is 0.00482 e. The lowest BCUT2D eigenvalue weighted by Gasteiger charge is -2.08. The fourth-order valence-electron chi connectivity index (χ4n) is 1.12. The molecule has 2 nitrogen and oxygen atoms in total. The van der Waals surface area contributed by atoms with Crippen molar-refractivity contribution in [2.45, 2.75) is 52.0 Å². The SMILES string of the molecule is CCCCCNCCC(N)CC. The van der Waals surface area contributed by atoms with Crippen molar-refractivity contribution in [2.75, 3.05) is 13.1 Å². The van der Waals surface area contributed by atoms with Crippen LogP contribution in [0, 0.1) is 0 Å². The lowest BCUT2D eigenvalue weighted by atomic mass is 10.2. The number of nitrogens with one attached hydrogen (secondary N) is 1. The molecule has 0 fully saturated rings. The van der Waals surface area contributed by atoms with Crippen LogP contribution in [0.1, 0.15) is 46.0 Å². The monoisotopic (exact) mass is 172 g/mol. The van der Waals surface area contributed by atoms with Crippen LogP contribution in [0.4, 0.5) is 0 Å². The number of nitrogens with two attached hydrogens (primary N) is 1. The summed E-state index contributed by atoms with van der Waals surface area (Å²) >= 11 is 0. The molecule has 0 saturated carbocycles. The van der Waals surface area contributed by atoms with Gasteiger partial charge in [-0.3, -0.25) is 0 Å².